The monoisotopic (exact) mass is 240 g/mol. The normalized spacial score (nSPS) is 10.5. The molecule has 0 aliphatic heterocycles. The summed E-state index contributed by atoms with van der Waals surface area (Å²) in [5, 5.41) is 0.0126. The summed E-state index contributed by atoms with van der Waals surface area (Å²) in [5.74, 6) is -1.07. The predicted octanol–water partition coefficient (Wildman–Crippen LogP) is 3.38. The number of rotatable bonds is 1. The van der Waals surface area contributed by atoms with Crippen molar-refractivity contribution in [1.29, 1.82) is 0 Å². The van der Waals surface area contributed by atoms with Gasteiger partial charge >= 0.3 is 0 Å². The van der Waals surface area contributed by atoms with Gasteiger partial charge in [-0.3, -0.25) is 0 Å². The summed E-state index contributed by atoms with van der Waals surface area (Å²) in [7, 11) is 0. The maximum Gasteiger partial charge on any atom is 0.223 e. The zero-order chi connectivity index (χ0) is 11.7. The van der Waals surface area contributed by atoms with Gasteiger partial charge in [0.15, 0.2) is 0 Å². The second-order valence-electron chi connectivity index (χ2n) is 3.29. The van der Waals surface area contributed by atoms with Gasteiger partial charge in [0.25, 0.3) is 0 Å². The summed E-state index contributed by atoms with van der Waals surface area (Å²) in [6, 6.07) is 4.72. The van der Waals surface area contributed by atoms with E-state index in [0.717, 1.165) is 18.2 Å². The van der Waals surface area contributed by atoms with Crippen LogP contribution in [0.1, 0.15) is 5.69 Å². The van der Waals surface area contributed by atoms with Gasteiger partial charge in [-0.2, -0.15) is 0 Å². The summed E-state index contributed by atoms with van der Waals surface area (Å²) < 4.78 is 26.4. The molecule has 0 aliphatic carbocycles. The maximum atomic E-state index is 13.4. The van der Waals surface area contributed by atoms with Crippen LogP contribution in [0.15, 0.2) is 24.3 Å². The third-order valence-corrected chi connectivity index (χ3v) is 2.20. The van der Waals surface area contributed by atoms with Gasteiger partial charge in [-0.25, -0.2) is 18.7 Å². The summed E-state index contributed by atoms with van der Waals surface area (Å²) >= 11 is 5.65. The molecule has 0 aliphatic rings. The van der Waals surface area contributed by atoms with Crippen LogP contribution in [0.5, 0.6) is 0 Å². The van der Waals surface area contributed by atoms with E-state index >= 15 is 0 Å². The Bertz CT molecular complexity index is 523. The second kappa shape index (κ2) is 4.14. The van der Waals surface area contributed by atoms with Gasteiger partial charge in [-0.15, -0.1) is 0 Å². The Morgan fingerprint density at radius 1 is 1.12 bits per heavy atom. The molecule has 0 saturated carbocycles. The lowest BCUT2D eigenvalue weighted by Crippen LogP contribution is -1.93. The van der Waals surface area contributed by atoms with E-state index in [-0.39, 0.29) is 16.5 Å². The highest BCUT2D eigenvalue weighted by atomic mass is 35.5. The third kappa shape index (κ3) is 2.17. The lowest BCUT2D eigenvalue weighted by Gasteiger charge is -2.04. The lowest BCUT2D eigenvalue weighted by molar-refractivity contribution is 0.602. The van der Waals surface area contributed by atoms with Crippen LogP contribution in [0.25, 0.3) is 11.3 Å². The predicted molar refractivity (Wildman–Crippen MR) is 57.1 cm³/mol. The highest BCUT2D eigenvalue weighted by molar-refractivity contribution is 6.28. The van der Waals surface area contributed by atoms with Crippen LogP contribution in [0.2, 0.25) is 5.28 Å². The number of hydrogen-bond donors (Lipinski definition) is 0. The standard InChI is InChI=1S/C11H7ClF2N2/c1-6-4-10(16-11(12)15-6)8-5-7(13)2-3-9(8)14/h2-5H,1H3. The van der Waals surface area contributed by atoms with E-state index in [0.29, 0.717) is 5.69 Å². The molecule has 0 atom stereocenters. The fourth-order valence-electron chi connectivity index (χ4n) is 1.36. The summed E-state index contributed by atoms with van der Waals surface area (Å²) in [6.45, 7) is 1.70. The van der Waals surface area contributed by atoms with Gasteiger partial charge in [-0.1, -0.05) is 0 Å². The maximum absolute atomic E-state index is 13.4. The van der Waals surface area contributed by atoms with Crippen molar-refractivity contribution in [2.24, 2.45) is 0 Å². The van der Waals surface area contributed by atoms with E-state index < -0.39 is 11.6 Å². The number of aromatic nitrogens is 2. The summed E-state index contributed by atoms with van der Waals surface area (Å²) in [4.78, 5) is 7.70. The fourth-order valence-corrected chi connectivity index (χ4v) is 1.59. The molecular weight excluding hydrogens is 234 g/mol. The van der Waals surface area contributed by atoms with Crippen molar-refractivity contribution in [1.82, 2.24) is 9.97 Å². The molecule has 0 radical (unpaired) electrons. The highest BCUT2D eigenvalue weighted by Crippen LogP contribution is 2.23. The molecule has 0 fully saturated rings. The molecule has 1 aromatic carbocycles. The van der Waals surface area contributed by atoms with Gasteiger partial charge in [-0.05, 0) is 42.8 Å². The van der Waals surface area contributed by atoms with E-state index in [4.69, 9.17) is 11.6 Å². The Morgan fingerprint density at radius 3 is 2.56 bits per heavy atom. The van der Waals surface area contributed by atoms with Crippen molar-refractivity contribution in [2.75, 3.05) is 0 Å². The van der Waals surface area contributed by atoms with Crippen LogP contribution in [-0.4, -0.2) is 9.97 Å². The van der Waals surface area contributed by atoms with Crippen LogP contribution >= 0.6 is 11.6 Å². The molecule has 0 amide bonds. The van der Waals surface area contributed by atoms with Crippen LogP contribution < -0.4 is 0 Å². The fraction of sp³-hybridized carbons (Fsp3) is 0.0909. The highest BCUT2D eigenvalue weighted by Gasteiger charge is 2.09. The first-order valence-corrected chi connectivity index (χ1v) is 4.90. The van der Waals surface area contributed by atoms with Crippen LogP contribution in [0.4, 0.5) is 8.78 Å². The van der Waals surface area contributed by atoms with E-state index in [1.807, 2.05) is 0 Å². The molecule has 5 heteroatoms. The Balaban J connectivity index is 2.62. The van der Waals surface area contributed by atoms with Crippen LogP contribution in [0, 0.1) is 18.6 Å². The van der Waals surface area contributed by atoms with Crippen LogP contribution in [0.3, 0.4) is 0 Å². The first-order valence-electron chi connectivity index (χ1n) is 4.53. The Hall–Kier alpha value is -1.55. The smallest absolute Gasteiger partial charge is 0.223 e. The van der Waals surface area contributed by atoms with E-state index in [2.05, 4.69) is 9.97 Å². The zero-order valence-electron chi connectivity index (χ0n) is 8.34. The molecule has 1 heterocycles. The van der Waals surface area contributed by atoms with Gasteiger partial charge in [0.1, 0.15) is 11.6 Å². The quantitative estimate of drug-likeness (QED) is 0.714. The largest absolute Gasteiger partial charge is 0.223 e. The molecule has 2 aromatic rings. The van der Waals surface area contributed by atoms with Gasteiger partial charge in [0.05, 0.1) is 5.69 Å². The Kier molecular flexibility index (Phi) is 2.83. The van der Waals surface area contributed by atoms with Crippen molar-refractivity contribution < 1.29 is 8.78 Å². The molecule has 1 aromatic heterocycles. The third-order valence-electron chi connectivity index (χ3n) is 2.03. The molecule has 2 nitrogen and oxygen atoms in total. The van der Waals surface area contributed by atoms with E-state index in [1.54, 1.807) is 13.0 Å². The minimum Gasteiger partial charge on any atom is -0.223 e. The van der Waals surface area contributed by atoms with Crippen LogP contribution in [-0.2, 0) is 0 Å². The van der Waals surface area contributed by atoms with E-state index in [9.17, 15) is 8.78 Å². The summed E-state index contributed by atoms with van der Waals surface area (Å²) in [5.41, 5.74) is 0.945. The minimum atomic E-state index is -0.546. The zero-order valence-corrected chi connectivity index (χ0v) is 9.09. The number of hydrogen-bond acceptors (Lipinski definition) is 2. The van der Waals surface area contributed by atoms with Crippen molar-refractivity contribution >= 4 is 11.6 Å². The van der Waals surface area contributed by atoms with E-state index in [1.165, 1.54) is 0 Å². The Morgan fingerprint density at radius 2 is 1.88 bits per heavy atom. The SMILES string of the molecule is Cc1cc(-c2cc(F)ccc2F)nc(Cl)n1. The van der Waals surface area contributed by atoms with Crippen molar-refractivity contribution in [3.63, 3.8) is 0 Å². The summed E-state index contributed by atoms with van der Waals surface area (Å²) in [6.07, 6.45) is 0. The Labute approximate surface area is 95.9 Å². The first kappa shape index (κ1) is 11.0. The number of halogens is 3. The molecule has 0 unspecified atom stereocenters. The molecule has 16 heavy (non-hydrogen) atoms. The van der Waals surface area contributed by atoms with Gasteiger partial charge < -0.3 is 0 Å². The molecule has 82 valence electrons. The molecular formula is C11H7ClF2N2. The molecule has 0 saturated heterocycles. The number of nitrogens with zero attached hydrogens (tertiary/aromatic N) is 2. The molecule has 2 rings (SSSR count). The molecule has 0 spiro atoms. The number of aryl methyl sites for hydroxylation is 1. The van der Waals surface area contributed by atoms with Gasteiger partial charge in [0, 0.05) is 11.3 Å². The van der Waals surface area contributed by atoms with Crippen molar-refractivity contribution in [3.8, 4) is 11.3 Å². The van der Waals surface area contributed by atoms with Gasteiger partial charge in [0.2, 0.25) is 5.28 Å². The molecule has 0 bridgehead atoms. The number of benzene rings is 1. The topological polar surface area (TPSA) is 25.8 Å². The second-order valence-corrected chi connectivity index (χ2v) is 3.63. The minimum absolute atomic E-state index is 0.0126. The van der Waals surface area contributed by atoms with Crippen molar-refractivity contribution in [2.45, 2.75) is 6.92 Å². The average molecular weight is 241 g/mol. The average Bonchev–Trinajstić information content (AvgIpc) is 2.20. The molecule has 0 N–H and O–H groups in total. The lowest BCUT2D eigenvalue weighted by atomic mass is 10.1. The van der Waals surface area contributed by atoms with Crippen molar-refractivity contribution in [3.05, 3.63) is 46.9 Å². The first-order chi connectivity index (χ1) is 7.56.